The number of anilines is 1. The zero-order chi connectivity index (χ0) is 19.2. The van der Waals surface area contributed by atoms with Crippen molar-refractivity contribution in [3.63, 3.8) is 0 Å². The summed E-state index contributed by atoms with van der Waals surface area (Å²) in [4.78, 5) is 37.8. The fraction of sp³-hybridized carbons (Fsp3) is 0.250. The van der Waals surface area contributed by atoms with Crippen molar-refractivity contribution in [1.82, 2.24) is 10.2 Å². The second-order valence-electron chi connectivity index (χ2n) is 6.32. The molecule has 2 N–H and O–H groups in total. The zero-order valence-corrected chi connectivity index (χ0v) is 15.4. The van der Waals surface area contributed by atoms with Crippen molar-refractivity contribution in [1.29, 1.82) is 0 Å². The summed E-state index contributed by atoms with van der Waals surface area (Å²) < 4.78 is 0. The zero-order valence-electron chi connectivity index (χ0n) is 14.7. The van der Waals surface area contributed by atoms with Crippen LogP contribution in [0.25, 0.3) is 0 Å². The summed E-state index contributed by atoms with van der Waals surface area (Å²) in [6.45, 7) is 0.319. The molecule has 0 aromatic heterocycles. The highest BCUT2D eigenvalue weighted by atomic mass is 35.5. The lowest BCUT2D eigenvalue weighted by atomic mass is 10.1. The Morgan fingerprint density at radius 1 is 1.11 bits per heavy atom. The first kappa shape index (κ1) is 18.9. The Hall–Kier alpha value is -2.86. The predicted octanol–water partition coefficient (Wildman–Crippen LogP) is 3.22. The lowest BCUT2D eigenvalue weighted by Gasteiger charge is -2.13. The molecule has 6 nitrogen and oxygen atoms in total. The minimum Gasteiger partial charge on any atom is -0.326 e. The highest BCUT2D eigenvalue weighted by molar-refractivity contribution is 6.30. The fourth-order valence-electron chi connectivity index (χ4n) is 2.94. The molecule has 7 heteroatoms. The molecular formula is C20H20ClN3O3. The minimum atomic E-state index is -0.668. The summed E-state index contributed by atoms with van der Waals surface area (Å²) in [5.41, 5.74) is 1.65. The van der Waals surface area contributed by atoms with Crippen LogP contribution in [-0.4, -0.2) is 35.3 Å². The molecule has 0 aliphatic carbocycles. The van der Waals surface area contributed by atoms with Gasteiger partial charge in [0.25, 0.3) is 5.91 Å². The van der Waals surface area contributed by atoms with Crippen molar-refractivity contribution in [3.8, 4) is 0 Å². The van der Waals surface area contributed by atoms with E-state index in [1.165, 1.54) is 4.90 Å². The summed E-state index contributed by atoms with van der Waals surface area (Å²) in [5, 5.41) is 5.91. The van der Waals surface area contributed by atoms with E-state index >= 15 is 0 Å². The van der Waals surface area contributed by atoms with E-state index in [0.717, 1.165) is 5.56 Å². The van der Waals surface area contributed by atoms with Crippen LogP contribution in [0.15, 0.2) is 54.6 Å². The van der Waals surface area contributed by atoms with Gasteiger partial charge in [0.15, 0.2) is 0 Å². The molecule has 1 fully saturated rings. The maximum Gasteiger partial charge on any atom is 0.324 e. The number of hydrogen-bond donors (Lipinski definition) is 2. The van der Waals surface area contributed by atoms with Crippen molar-refractivity contribution < 1.29 is 14.4 Å². The second-order valence-corrected chi connectivity index (χ2v) is 6.76. The molecule has 1 atom stereocenters. The summed E-state index contributed by atoms with van der Waals surface area (Å²) in [6.07, 6.45) is 0.969. The van der Waals surface area contributed by atoms with E-state index < -0.39 is 12.1 Å². The van der Waals surface area contributed by atoms with E-state index in [-0.39, 0.29) is 24.7 Å². The molecule has 2 aromatic rings. The Labute approximate surface area is 162 Å². The molecule has 0 unspecified atom stereocenters. The number of carbonyl (C=O) groups excluding carboxylic acids is 3. The van der Waals surface area contributed by atoms with Crippen LogP contribution in [0.5, 0.6) is 0 Å². The van der Waals surface area contributed by atoms with Crippen LogP contribution in [-0.2, 0) is 16.0 Å². The maximum atomic E-state index is 12.4. The van der Waals surface area contributed by atoms with Crippen LogP contribution in [0, 0.1) is 0 Å². The fourth-order valence-corrected chi connectivity index (χ4v) is 3.13. The Morgan fingerprint density at radius 3 is 2.63 bits per heavy atom. The summed E-state index contributed by atoms with van der Waals surface area (Å²) in [7, 11) is 0. The molecule has 0 saturated carbocycles. The van der Waals surface area contributed by atoms with Gasteiger partial charge in [0.2, 0.25) is 5.91 Å². The number of benzene rings is 2. The van der Waals surface area contributed by atoms with Gasteiger partial charge >= 0.3 is 6.03 Å². The van der Waals surface area contributed by atoms with Crippen molar-refractivity contribution in [2.75, 3.05) is 11.9 Å². The van der Waals surface area contributed by atoms with Crippen molar-refractivity contribution in [2.24, 2.45) is 0 Å². The number of urea groups is 1. The molecule has 1 aliphatic heterocycles. The van der Waals surface area contributed by atoms with E-state index in [1.54, 1.807) is 24.3 Å². The normalized spacial score (nSPS) is 16.3. The highest BCUT2D eigenvalue weighted by Crippen LogP contribution is 2.16. The van der Waals surface area contributed by atoms with Gasteiger partial charge in [0, 0.05) is 23.7 Å². The maximum absolute atomic E-state index is 12.4. The number of nitrogens with zero attached hydrogens (tertiary/aromatic N) is 1. The van der Waals surface area contributed by atoms with Gasteiger partial charge in [-0.25, -0.2) is 4.79 Å². The number of halogens is 1. The van der Waals surface area contributed by atoms with Crippen molar-refractivity contribution in [3.05, 3.63) is 65.2 Å². The number of nitrogens with one attached hydrogen (secondary N) is 2. The van der Waals surface area contributed by atoms with Crippen LogP contribution >= 0.6 is 11.6 Å². The highest BCUT2D eigenvalue weighted by Gasteiger charge is 2.37. The van der Waals surface area contributed by atoms with Crippen molar-refractivity contribution in [2.45, 2.75) is 25.3 Å². The van der Waals surface area contributed by atoms with E-state index in [9.17, 15) is 14.4 Å². The van der Waals surface area contributed by atoms with E-state index in [4.69, 9.17) is 11.6 Å². The SMILES string of the molecule is O=C(CC[C@@H]1NC(=O)N(CCc2ccccc2)C1=O)Nc1cccc(Cl)c1. The van der Waals surface area contributed by atoms with E-state index in [2.05, 4.69) is 10.6 Å². The third-order valence-electron chi connectivity index (χ3n) is 4.34. The van der Waals surface area contributed by atoms with E-state index in [0.29, 0.717) is 23.7 Å². The average Bonchev–Trinajstić information content (AvgIpc) is 2.92. The first-order valence-corrected chi connectivity index (χ1v) is 9.12. The molecule has 3 rings (SSSR count). The van der Waals surface area contributed by atoms with Crippen LogP contribution in [0.1, 0.15) is 18.4 Å². The summed E-state index contributed by atoms with van der Waals surface area (Å²) >= 11 is 5.89. The molecule has 1 aliphatic rings. The van der Waals surface area contributed by atoms with E-state index in [1.807, 2.05) is 30.3 Å². The van der Waals surface area contributed by atoms with Gasteiger partial charge in [0.1, 0.15) is 6.04 Å². The molecule has 27 heavy (non-hydrogen) atoms. The average molecular weight is 386 g/mol. The van der Waals surface area contributed by atoms with Crippen LogP contribution in [0.3, 0.4) is 0 Å². The Kier molecular flexibility index (Phi) is 6.08. The van der Waals surface area contributed by atoms with Gasteiger partial charge < -0.3 is 10.6 Å². The molecule has 0 bridgehead atoms. The topological polar surface area (TPSA) is 78.5 Å². The summed E-state index contributed by atoms with van der Waals surface area (Å²) in [6, 6.07) is 15.4. The summed E-state index contributed by atoms with van der Waals surface area (Å²) in [5.74, 6) is -0.520. The van der Waals surface area contributed by atoms with Gasteiger partial charge in [-0.2, -0.15) is 0 Å². The van der Waals surface area contributed by atoms with Gasteiger partial charge in [-0.05, 0) is 36.6 Å². The molecule has 140 valence electrons. The predicted molar refractivity (Wildman–Crippen MR) is 103 cm³/mol. The smallest absolute Gasteiger partial charge is 0.324 e. The first-order valence-electron chi connectivity index (χ1n) is 8.74. The quantitative estimate of drug-likeness (QED) is 0.718. The molecule has 1 saturated heterocycles. The lowest BCUT2D eigenvalue weighted by molar-refractivity contribution is -0.127. The van der Waals surface area contributed by atoms with Crippen molar-refractivity contribution >= 4 is 35.1 Å². The molecule has 0 spiro atoms. The Morgan fingerprint density at radius 2 is 1.89 bits per heavy atom. The van der Waals surface area contributed by atoms with Crippen LogP contribution < -0.4 is 10.6 Å². The van der Waals surface area contributed by atoms with Gasteiger partial charge in [-0.15, -0.1) is 0 Å². The number of hydrogen-bond acceptors (Lipinski definition) is 3. The Balaban J connectivity index is 1.48. The molecule has 1 heterocycles. The third-order valence-corrected chi connectivity index (χ3v) is 4.58. The standard InChI is InChI=1S/C20H20ClN3O3/c21-15-7-4-8-16(13-15)22-18(25)10-9-17-19(26)24(20(27)23-17)12-11-14-5-2-1-3-6-14/h1-8,13,17H,9-12H2,(H,22,25)(H,23,27)/t17-/m0/s1. The van der Waals surface area contributed by atoms with Gasteiger partial charge in [-0.3, -0.25) is 14.5 Å². The molecule has 2 aromatic carbocycles. The Bertz CT molecular complexity index is 841. The largest absolute Gasteiger partial charge is 0.326 e. The molecule has 0 radical (unpaired) electrons. The number of rotatable bonds is 7. The minimum absolute atomic E-state index is 0.121. The lowest BCUT2D eigenvalue weighted by Crippen LogP contribution is -2.33. The monoisotopic (exact) mass is 385 g/mol. The third kappa shape index (κ3) is 5.08. The first-order chi connectivity index (χ1) is 13.0. The second kappa shape index (κ2) is 8.68. The van der Waals surface area contributed by atoms with Gasteiger partial charge in [0.05, 0.1) is 0 Å². The number of carbonyl (C=O) groups is 3. The van der Waals surface area contributed by atoms with Crippen LogP contribution in [0.2, 0.25) is 5.02 Å². The number of amides is 4. The number of imide groups is 1. The van der Waals surface area contributed by atoms with Crippen LogP contribution in [0.4, 0.5) is 10.5 Å². The van der Waals surface area contributed by atoms with Gasteiger partial charge in [-0.1, -0.05) is 48.0 Å². The molecular weight excluding hydrogens is 366 g/mol. The molecule has 4 amide bonds.